The Kier molecular flexibility index (Phi) is 4.19. The molecule has 0 unspecified atom stereocenters. The minimum Gasteiger partial charge on any atom is -0.479 e. The molecule has 1 fully saturated rings. The molecule has 0 aromatic heterocycles. The second-order valence-corrected chi connectivity index (χ2v) is 5.00. The number of nitrogens with zero attached hydrogens (tertiary/aromatic N) is 1. The number of hydrogen-bond donors (Lipinski definition) is 1. The number of rotatable bonds is 6. The molecule has 18 heavy (non-hydrogen) atoms. The molecule has 0 bridgehead atoms. The highest BCUT2D eigenvalue weighted by Gasteiger charge is 2.32. The Morgan fingerprint density at radius 3 is 2.67 bits per heavy atom. The second-order valence-electron chi connectivity index (χ2n) is 5.00. The molecule has 1 aliphatic heterocycles. The van der Waals surface area contributed by atoms with Crippen LogP contribution in [0.2, 0.25) is 0 Å². The number of nitriles is 1. The summed E-state index contributed by atoms with van der Waals surface area (Å²) < 4.78 is 10.4. The predicted octanol–water partition coefficient (Wildman–Crippen LogP) is 1.72. The molecule has 2 rings (SSSR count). The van der Waals surface area contributed by atoms with Crippen molar-refractivity contribution in [1.29, 1.82) is 5.26 Å². The van der Waals surface area contributed by atoms with Crippen LogP contribution in [0.15, 0.2) is 24.3 Å². The van der Waals surface area contributed by atoms with E-state index in [0.717, 1.165) is 32.1 Å². The molecular weight excluding hydrogens is 228 g/mol. The Hall–Kier alpha value is -1.57. The zero-order valence-corrected chi connectivity index (χ0v) is 10.6. The van der Waals surface area contributed by atoms with Crippen LogP contribution in [-0.2, 0) is 11.3 Å². The van der Waals surface area contributed by atoms with Crippen molar-refractivity contribution in [3.05, 3.63) is 29.8 Å². The summed E-state index contributed by atoms with van der Waals surface area (Å²) in [6, 6.07) is 9.76. The van der Waals surface area contributed by atoms with Crippen LogP contribution in [0.3, 0.4) is 0 Å². The molecule has 0 spiro atoms. The summed E-state index contributed by atoms with van der Waals surface area (Å²) >= 11 is 0. The van der Waals surface area contributed by atoms with E-state index >= 15 is 0 Å². The summed E-state index contributed by atoms with van der Waals surface area (Å²) in [7, 11) is 0. The largest absolute Gasteiger partial charge is 0.479 e. The van der Waals surface area contributed by atoms with Crippen LogP contribution < -0.4 is 10.1 Å². The maximum atomic E-state index is 8.41. The van der Waals surface area contributed by atoms with Gasteiger partial charge in [-0.15, -0.1) is 0 Å². The standard InChI is InChI=1S/C14H18N2O2/c1-14(10-17-11-14)9-16-8-12-2-4-13(5-3-12)18-7-6-15/h2-5,16H,7-11H2,1H3. The number of ether oxygens (including phenoxy) is 2. The monoisotopic (exact) mass is 246 g/mol. The van der Waals surface area contributed by atoms with Gasteiger partial charge < -0.3 is 14.8 Å². The van der Waals surface area contributed by atoms with E-state index in [1.165, 1.54) is 5.56 Å². The third-order valence-corrected chi connectivity index (χ3v) is 3.01. The topological polar surface area (TPSA) is 54.3 Å². The molecular formula is C14H18N2O2. The first-order valence-electron chi connectivity index (χ1n) is 6.09. The van der Waals surface area contributed by atoms with Gasteiger partial charge in [0.05, 0.1) is 13.2 Å². The summed E-state index contributed by atoms with van der Waals surface area (Å²) in [4.78, 5) is 0. The highest BCUT2D eigenvalue weighted by molar-refractivity contribution is 5.27. The van der Waals surface area contributed by atoms with E-state index in [1.54, 1.807) is 0 Å². The summed E-state index contributed by atoms with van der Waals surface area (Å²) in [6.45, 7) is 5.83. The fraction of sp³-hybridized carbons (Fsp3) is 0.500. The van der Waals surface area contributed by atoms with Crippen LogP contribution in [0.5, 0.6) is 5.75 Å². The number of nitrogens with one attached hydrogen (secondary N) is 1. The zero-order valence-electron chi connectivity index (χ0n) is 10.6. The molecule has 1 aromatic carbocycles. The van der Waals surface area contributed by atoms with Crippen molar-refractivity contribution in [2.45, 2.75) is 13.5 Å². The smallest absolute Gasteiger partial charge is 0.174 e. The third-order valence-electron chi connectivity index (χ3n) is 3.01. The van der Waals surface area contributed by atoms with E-state index in [1.807, 2.05) is 30.3 Å². The van der Waals surface area contributed by atoms with Gasteiger partial charge in [0.15, 0.2) is 6.61 Å². The second kappa shape index (κ2) is 5.85. The van der Waals surface area contributed by atoms with Crippen molar-refractivity contribution in [2.24, 2.45) is 5.41 Å². The van der Waals surface area contributed by atoms with Crippen molar-refractivity contribution in [2.75, 3.05) is 26.4 Å². The highest BCUT2D eigenvalue weighted by atomic mass is 16.5. The number of benzene rings is 1. The Balaban J connectivity index is 1.74. The first-order valence-corrected chi connectivity index (χ1v) is 6.09. The van der Waals surface area contributed by atoms with Crippen molar-refractivity contribution >= 4 is 0 Å². The van der Waals surface area contributed by atoms with Crippen molar-refractivity contribution in [1.82, 2.24) is 5.32 Å². The lowest BCUT2D eigenvalue weighted by atomic mass is 9.89. The quantitative estimate of drug-likeness (QED) is 0.830. The van der Waals surface area contributed by atoms with Gasteiger partial charge in [-0.25, -0.2) is 0 Å². The average Bonchev–Trinajstić information content (AvgIpc) is 2.36. The van der Waals surface area contributed by atoms with Crippen LogP contribution in [0.4, 0.5) is 0 Å². The lowest BCUT2D eigenvalue weighted by molar-refractivity contribution is -0.0991. The van der Waals surface area contributed by atoms with Gasteiger partial charge in [-0.05, 0) is 17.7 Å². The first-order chi connectivity index (χ1) is 8.72. The first kappa shape index (κ1) is 12.9. The predicted molar refractivity (Wildman–Crippen MR) is 68.2 cm³/mol. The van der Waals surface area contributed by atoms with Gasteiger partial charge in [0.1, 0.15) is 11.8 Å². The highest BCUT2D eigenvalue weighted by Crippen LogP contribution is 2.25. The molecule has 0 aliphatic carbocycles. The summed E-state index contributed by atoms with van der Waals surface area (Å²) in [5, 5.41) is 11.8. The van der Waals surface area contributed by atoms with Gasteiger partial charge in [-0.3, -0.25) is 0 Å². The lowest BCUT2D eigenvalue weighted by Crippen LogP contribution is -2.47. The minimum atomic E-state index is 0.0932. The van der Waals surface area contributed by atoms with E-state index in [-0.39, 0.29) is 6.61 Å². The average molecular weight is 246 g/mol. The van der Waals surface area contributed by atoms with Crippen LogP contribution in [0.1, 0.15) is 12.5 Å². The molecule has 0 amide bonds. The van der Waals surface area contributed by atoms with E-state index in [2.05, 4.69) is 12.2 Å². The fourth-order valence-electron chi connectivity index (χ4n) is 1.88. The Bertz CT molecular complexity index is 418. The normalized spacial score (nSPS) is 16.7. The van der Waals surface area contributed by atoms with Crippen molar-refractivity contribution in [3.8, 4) is 11.8 Å². The lowest BCUT2D eigenvalue weighted by Gasteiger charge is -2.38. The molecule has 0 saturated carbocycles. The molecule has 4 nitrogen and oxygen atoms in total. The Labute approximate surface area is 108 Å². The molecule has 96 valence electrons. The molecule has 0 atom stereocenters. The molecule has 1 N–H and O–H groups in total. The van der Waals surface area contributed by atoms with Crippen LogP contribution in [-0.4, -0.2) is 26.4 Å². The van der Waals surface area contributed by atoms with Gasteiger partial charge in [-0.1, -0.05) is 19.1 Å². The van der Waals surface area contributed by atoms with Gasteiger partial charge in [0.2, 0.25) is 0 Å². The molecule has 1 heterocycles. The maximum Gasteiger partial charge on any atom is 0.174 e. The van der Waals surface area contributed by atoms with Crippen molar-refractivity contribution < 1.29 is 9.47 Å². The van der Waals surface area contributed by atoms with Crippen LogP contribution >= 0.6 is 0 Å². The number of hydrogen-bond acceptors (Lipinski definition) is 4. The van der Waals surface area contributed by atoms with E-state index in [0.29, 0.717) is 5.41 Å². The van der Waals surface area contributed by atoms with E-state index < -0.39 is 0 Å². The van der Waals surface area contributed by atoms with Gasteiger partial charge in [0.25, 0.3) is 0 Å². The summed E-state index contributed by atoms with van der Waals surface area (Å²) in [5.74, 6) is 0.736. The fourth-order valence-corrected chi connectivity index (χ4v) is 1.88. The van der Waals surface area contributed by atoms with E-state index in [4.69, 9.17) is 14.7 Å². The van der Waals surface area contributed by atoms with Gasteiger partial charge >= 0.3 is 0 Å². The summed E-state index contributed by atoms with van der Waals surface area (Å²) in [6.07, 6.45) is 0. The zero-order chi connectivity index (χ0) is 12.8. The van der Waals surface area contributed by atoms with Crippen LogP contribution in [0.25, 0.3) is 0 Å². The van der Waals surface area contributed by atoms with Gasteiger partial charge in [-0.2, -0.15) is 5.26 Å². The molecule has 1 aliphatic rings. The summed E-state index contributed by atoms with van der Waals surface area (Å²) in [5.41, 5.74) is 1.51. The molecule has 1 aromatic rings. The molecule has 0 radical (unpaired) electrons. The SMILES string of the molecule is CC1(CNCc2ccc(OCC#N)cc2)COC1. The maximum absolute atomic E-state index is 8.41. The molecule has 4 heteroatoms. The Morgan fingerprint density at radius 2 is 2.11 bits per heavy atom. The van der Waals surface area contributed by atoms with Crippen LogP contribution in [0, 0.1) is 16.7 Å². The van der Waals surface area contributed by atoms with Gasteiger partial charge in [0, 0.05) is 18.5 Å². The van der Waals surface area contributed by atoms with E-state index in [9.17, 15) is 0 Å². The van der Waals surface area contributed by atoms with Crippen molar-refractivity contribution in [3.63, 3.8) is 0 Å². The minimum absolute atomic E-state index is 0.0932. The third kappa shape index (κ3) is 3.46. The molecule has 1 saturated heterocycles. The Morgan fingerprint density at radius 1 is 1.39 bits per heavy atom.